The molecule has 7 nitrogen and oxygen atoms in total. The summed E-state index contributed by atoms with van der Waals surface area (Å²) in [5.41, 5.74) is 1.73. The van der Waals surface area contributed by atoms with Crippen molar-refractivity contribution >= 4 is 17.3 Å². The molecule has 1 saturated heterocycles. The number of carbonyl (C=O) groups is 1. The quantitative estimate of drug-likeness (QED) is 0.745. The second-order valence-corrected chi connectivity index (χ2v) is 6.70. The number of para-hydroxylation sites is 2. The van der Waals surface area contributed by atoms with Gasteiger partial charge in [-0.15, -0.1) is 0 Å². The molecule has 0 unspecified atom stereocenters. The third kappa shape index (κ3) is 4.67. The highest BCUT2D eigenvalue weighted by molar-refractivity contribution is 5.93. The van der Waals surface area contributed by atoms with E-state index in [-0.39, 0.29) is 5.91 Å². The lowest BCUT2D eigenvalue weighted by Gasteiger charge is -2.34. The van der Waals surface area contributed by atoms with Crippen molar-refractivity contribution in [3.8, 4) is 17.2 Å². The lowest BCUT2D eigenvalue weighted by molar-refractivity contribution is -0.892. The fraction of sp³-hybridized carbons (Fsp3) is 0.381. The Labute approximate surface area is 165 Å². The van der Waals surface area contributed by atoms with Gasteiger partial charge in [0.2, 0.25) is 0 Å². The molecule has 1 aliphatic rings. The topological polar surface area (TPSA) is 64.5 Å². The first-order valence-electron chi connectivity index (χ1n) is 9.38. The van der Waals surface area contributed by atoms with Crippen LogP contribution in [0.4, 0.5) is 11.4 Å². The van der Waals surface area contributed by atoms with Gasteiger partial charge in [-0.05, 0) is 24.3 Å². The van der Waals surface area contributed by atoms with Crippen LogP contribution < -0.4 is 29.3 Å². The number of benzene rings is 2. The maximum atomic E-state index is 12.5. The molecule has 3 rings (SSSR count). The van der Waals surface area contributed by atoms with E-state index in [1.807, 2.05) is 18.2 Å². The number of rotatable bonds is 7. The number of nitrogens with one attached hydrogen (secondary N) is 2. The summed E-state index contributed by atoms with van der Waals surface area (Å²) in [5.74, 6) is 2.14. The van der Waals surface area contributed by atoms with Gasteiger partial charge in [-0.1, -0.05) is 12.1 Å². The molecular weight excluding hydrogens is 358 g/mol. The van der Waals surface area contributed by atoms with E-state index < -0.39 is 0 Å². The summed E-state index contributed by atoms with van der Waals surface area (Å²) in [6.45, 7) is 3.96. The van der Waals surface area contributed by atoms with Gasteiger partial charge in [0.05, 0.1) is 58.9 Å². The molecule has 0 spiro atoms. The average Bonchev–Trinajstić information content (AvgIpc) is 2.74. The lowest BCUT2D eigenvalue weighted by Crippen LogP contribution is -3.15. The van der Waals surface area contributed by atoms with Crippen LogP contribution in [0.3, 0.4) is 0 Å². The number of anilines is 2. The summed E-state index contributed by atoms with van der Waals surface area (Å²) in [6.07, 6.45) is 0. The van der Waals surface area contributed by atoms with E-state index in [1.165, 1.54) is 4.90 Å². The molecule has 0 aromatic heterocycles. The molecule has 1 heterocycles. The van der Waals surface area contributed by atoms with Crippen LogP contribution in [0.5, 0.6) is 17.2 Å². The summed E-state index contributed by atoms with van der Waals surface area (Å²) >= 11 is 0. The van der Waals surface area contributed by atoms with Crippen molar-refractivity contribution < 1.29 is 23.9 Å². The van der Waals surface area contributed by atoms with Crippen LogP contribution in [0.2, 0.25) is 0 Å². The Balaban J connectivity index is 1.56. The van der Waals surface area contributed by atoms with Gasteiger partial charge < -0.3 is 29.3 Å². The molecule has 0 atom stereocenters. The minimum Gasteiger partial charge on any atom is -0.497 e. The van der Waals surface area contributed by atoms with Crippen LogP contribution in [-0.4, -0.2) is 60.0 Å². The molecule has 0 radical (unpaired) electrons. The maximum Gasteiger partial charge on any atom is 0.279 e. The van der Waals surface area contributed by atoms with Crippen LogP contribution in [-0.2, 0) is 4.79 Å². The Morgan fingerprint density at radius 3 is 2.39 bits per heavy atom. The molecule has 1 aliphatic heterocycles. The Morgan fingerprint density at radius 2 is 1.71 bits per heavy atom. The zero-order valence-corrected chi connectivity index (χ0v) is 16.7. The Morgan fingerprint density at radius 1 is 1.00 bits per heavy atom. The molecule has 2 aromatic carbocycles. The van der Waals surface area contributed by atoms with Gasteiger partial charge in [0.25, 0.3) is 5.91 Å². The third-order valence-corrected chi connectivity index (χ3v) is 4.99. The first kappa shape index (κ1) is 19.8. The molecule has 150 valence electrons. The number of ether oxygens (including phenoxy) is 3. The van der Waals surface area contributed by atoms with Crippen LogP contribution in [0.1, 0.15) is 0 Å². The first-order chi connectivity index (χ1) is 13.6. The van der Waals surface area contributed by atoms with Gasteiger partial charge in [0.1, 0.15) is 17.2 Å². The van der Waals surface area contributed by atoms with Crippen molar-refractivity contribution in [3.05, 3.63) is 42.5 Å². The minimum atomic E-state index is -0.0349. The molecule has 2 aromatic rings. The van der Waals surface area contributed by atoms with Crippen molar-refractivity contribution in [2.75, 3.05) is 64.3 Å². The molecule has 2 N–H and O–H groups in total. The van der Waals surface area contributed by atoms with Crippen LogP contribution in [0, 0.1) is 0 Å². The van der Waals surface area contributed by atoms with Crippen LogP contribution >= 0.6 is 0 Å². The van der Waals surface area contributed by atoms with E-state index in [2.05, 4.69) is 16.3 Å². The summed E-state index contributed by atoms with van der Waals surface area (Å²) in [7, 11) is 4.87. The average molecular weight is 386 g/mol. The zero-order valence-electron chi connectivity index (χ0n) is 16.7. The van der Waals surface area contributed by atoms with Crippen LogP contribution in [0.25, 0.3) is 0 Å². The first-order valence-corrected chi connectivity index (χ1v) is 9.38. The molecule has 0 saturated carbocycles. The van der Waals surface area contributed by atoms with Crippen molar-refractivity contribution in [2.45, 2.75) is 0 Å². The summed E-state index contributed by atoms with van der Waals surface area (Å²) in [6, 6.07) is 13.4. The van der Waals surface area contributed by atoms with Crippen molar-refractivity contribution in [2.24, 2.45) is 0 Å². The van der Waals surface area contributed by atoms with Crippen molar-refractivity contribution in [1.82, 2.24) is 0 Å². The van der Waals surface area contributed by atoms with Gasteiger partial charge in [-0.3, -0.25) is 4.79 Å². The van der Waals surface area contributed by atoms with E-state index in [9.17, 15) is 4.79 Å². The van der Waals surface area contributed by atoms with E-state index in [4.69, 9.17) is 14.2 Å². The Kier molecular flexibility index (Phi) is 6.60. The van der Waals surface area contributed by atoms with Crippen molar-refractivity contribution in [3.63, 3.8) is 0 Å². The number of amides is 1. The van der Waals surface area contributed by atoms with E-state index in [0.29, 0.717) is 23.7 Å². The van der Waals surface area contributed by atoms with Gasteiger partial charge >= 0.3 is 0 Å². The highest BCUT2D eigenvalue weighted by Crippen LogP contribution is 2.29. The van der Waals surface area contributed by atoms with Crippen LogP contribution in [0.15, 0.2) is 42.5 Å². The highest BCUT2D eigenvalue weighted by atomic mass is 16.5. The minimum absolute atomic E-state index is 0.0349. The molecule has 0 aliphatic carbocycles. The summed E-state index contributed by atoms with van der Waals surface area (Å²) in [5, 5.41) is 2.95. The normalized spacial score (nSPS) is 14.5. The predicted octanol–water partition coefficient (Wildman–Crippen LogP) is 1.06. The van der Waals surface area contributed by atoms with E-state index in [1.54, 1.807) is 39.5 Å². The zero-order chi connectivity index (χ0) is 19.9. The number of hydrogen-bond donors (Lipinski definition) is 2. The van der Waals surface area contributed by atoms with E-state index in [0.717, 1.165) is 37.6 Å². The predicted molar refractivity (Wildman–Crippen MR) is 109 cm³/mol. The van der Waals surface area contributed by atoms with E-state index >= 15 is 0 Å². The number of hydrogen-bond acceptors (Lipinski definition) is 5. The molecule has 7 heteroatoms. The second kappa shape index (κ2) is 9.32. The highest BCUT2D eigenvalue weighted by Gasteiger charge is 2.24. The Hall–Kier alpha value is -2.93. The van der Waals surface area contributed by atoms with Gasteiger partial charge in [-0.25, -0.2) is 0 Å². The third-order valence-electron chi connectivity index (χ3n) is 4.99. The summed E-state index contributed by atoms with van der Waals surface area (Å²) < 4.78 is 16.0. The second-order valence-electron chi connectivity index (χ2n) is 6.70. The summed E-state index contributed by atoms with van der Waals surface area (Å²) in [4.78, 5) is 16.1. The molecular formula is C21H28N3O4+. The fourth-order valence-corrected chi connectivity index (χ4v) is 3.46. The molecule has 1 amide bonds. The smallest absolute Gasteiger partial charge is 0.279 e. The standard InChI is InChI=1S/C21H27N3O4/c1-26-16-8-9-19(27-2)17(14-16)22-21(25)15-23-10-12-24(13-11-23)18-6-4-5-7-20(18)28-3/h4-9,14H,10-13,15H2,1-3H3,(H,22,25)/p+1. The molecule has 1 fully saturated rings. The van der Waals surface area contributed by atoms with Gasteiger partial charge in [0, 0.05) is 6.07 Å². The number of carbonyl (C=O) groups excluding carboxylic acids is 1. The largest absolute Gasteiger partial charge is 0.497 e. The lowest BCUT2D eigenvalue weighted by atomic mass is 10.2. The molecule has 28 heavy (non-hydrogen) atoms. The number of piperazine rings is 1. The number of nitrogens with zero attached hydrogens (tertiary/aromatic N) is 1. The Bertz CT molecular complexity index is 804. The molecule has 0 bridgehead atoms. The van der Waals surface area contributed by atoms with Crippen molar-refractivity contribution in [1.29, 1.82) is 0 Å². The number of quaternary nitrogens is 1. The van der Waals surface area contributed by atoms with Gasteiger partial charge in [0.15, 0.2) is 6.54 Å². The number of methoxy groups -OCH3 is 3. The fourth-order valence-electron chi connectivity index (χ4n) is 3.46. The van der Waals surface area contributed by atoms with Gasteiger partial charge in [-0.2, -0.15) is 0 Å². The monoisotopic (exact) mass is 386 g/mol. The SMILES string of the molecule is COc1ccc(OC)c(NC(=O)C[NH+]2CCN(c3ccccc3OC)CC2)c1. The maximum absolute atomic E-state index is 12.5.